The van der Waals surface area contributed by atoms with E-state index < -0.39 is 5.72 Å². The van der Waals surface area contributed by atoms with E-state index in [1.165, 1.54) is 6.07 Å². The summed E-state index contributed by atoms with van der Waals surface area (Å²) in [5.41, 5.74) is 0.274. The van der Waals surface area contributed by atoms with E-state index in [0.717, 1.165) is 57.4 Å². The van der Waals surface area contributed by atoms with Crippen molar-refractivity contribution in [2.45, 2.75) is 37.5 Å². The monoisotopic (exact) mass is 437 g/mol. The summed E-state index contributed by atoms with van der Waals surface area (Å²) in [4.78, 5) is 16.4. The van der Waals surface area contributed by atoms with Crippen LogP contribution in [0.25, 0.3) is 0 Å². The highest BCUT2D eigenvalue weighted by Gasteiger charge is 2.57. The molecule has 1 aromatic rings. The molecule has 0 N–H and O–H groups in total. The van der Waals surface area contributed by atoms with Crippen LogP contribution in [0.1, 0.15) is 37.3 Å². The second kappa shape index (κ2) is 8.24. The number of nitrogens with zero attached hydrogens (tertiary/aromatic N) is 3. The van der Waals surface area contributed by atoms with Crippen LogP contribution in [0.15, 0.2) is 12.1 Å². The van der Waals surface area contributed by atoms with Crippen molar-refractivity contribution in [1.82, 2.24) is 9.80 Å². The Hall–Kier alpha value is -1.45. The van der Waals surface area contributed by atoms with E-state index in [2.05, 4.69) is 9.80 Å². The summed E-state index contributed by atoms with van der Waals surface area (Å²) in [6.07, 6.45) is 4.09. The Morgan fingerprint density at radius 3 is 2.47 bits per heavy atom. The fourth-order valence-electron chi connectivity index (χ4n) is 5.85. The van der Waals surface area contributed by atoms with E-state index in [1.807, 2.05) is 6.07 Å². The predicted octanol–water partition coefficient (Wildman–Crippen LogP) is 3.23. The number of morpholine rings is 2. The molecule has 0 radical (unpaired) electrons. The van der Waals surface area contributed by atoms with Gasteiger partial charge in [-0.05, 0) is 18.9 Å². The van der Waals surface area contributed by atoms with Crippen LogP contribution in [-0.4, -0.2) is 73.1 Å². The zero-order chi connectivity index (χ0) is 20.7. The van der Waals surface area contributed by atoms with Crippen LogP contribution in [0, 0.1) is 16.0 Å². The van der Waals surface area contributed by atoms with Crippen LogP contribution >= 0.6 is 11.6 Å². The Kier molecular flexibility index (Phi) is 5.62. The molecule has 0 amide bonds. The molecule has 0 aromatic heterocycles. The lowest BCUT2D eigenvalue weighted by atomic mass is 9.71. The summed E-state index contributed by atoms with van der Waals surface area (Å²) in [6.45, 7) is 5.84. The Bertz CT molecular complexity index is 812. The molecular weight excluding hydrogens is 410 g/mol. The van der Waals surface area contributed by atoms with Gasteiger partial charge in [0.1, 0.15) is 0 Å². The van der Waals surface area contributed by atoms with E-state index in [1.54, 1.807) is 0 Å². The summed E-state index contributed by atoms with van der Waals surface area (Å²) in [5.74, 6) is 0.610. The molecule has 0 bridgehead atoms. The number of hydrogen-bond acceptors (Lipinski definition) is 7. The van der Waals surface area contributed by atoms with Gasteiger partial charge in [0, 0.05) is 61.2 Å². The number of ether oxygens (including phenoxy) is 3. The lowest BCUT2D eigenvalue weighted by Crippen LogP contribution is -2.66. The number of hydrogen-bond donors (Lipinski definition) is 0. The van der Waals surface area contributed by atoms with Gasteiger partial charge in [-0.25, -0.2) is 0 Å². The number of halogens is 1. The molecule has 3 unspecified atom stereocenters. The highest BCUT2D eigenvalue weighted by Crippen LogP contribution is 2.56. The first-order valence-corrected chi connectivity index (χ1v) is 11.3. The molecule has 5 rings (SSSR count). The zero-order valence-electron chi connectivity index (χ0n) is 17.1. The van der Waals surface area contributed by atoms with Crippen molar-refractivity contribution in [2.24, 2.45) is 5.92 Å². The second-order valence-corrected chi connectivity index (χ2v) is 9.03. The van der Waals surface area contributed by atoms with Crippen molar-refractivity contribution in [2.75, 3.05) is 52.6 Å². The minimum atomic E-state index is -0.545. The third-order valence-corrected chi connectivity index (χ3v) is 7.32. The van der Waals surface area contributed by atoms with E-state index in [9.17, 15) is 10.1 Å². The molecule has 3 atom stereocenters. The molecule has 164 valence electrons. The second-order valence-electron chi connectivity index (χ2n) is 8.59. The summed E-state index contributed by atoms with van der Waals surface area (Å²) in [6, 6.07) is 3.33. The standard InChI is InChI=1S/C21H28ClN3O5/c22-15-13-16-19(23-5-9-28-10-6-23)17-3-1-2-4-21(17,24-7-11-29-12-8-24)30-20(16)18(14-15)25(26)27/h13-14,17,19H,1-12H2. The summed E-state index contributed by atoms with van der Waals surface area (Å²) >= 11 is 6.36. The SMILES string of the molecule is O=[N+]([O-])c1cc(Cl)cc2c1OC1(N3CCOCC3)CCCCC1C2N1CCOCC1. The van der Waals surface area contributed by atoms with Gasteiger partial charge in [-0.15, -0.1) is 0 Å². The minimum Gasteiger partial charge on any atom is -0.465 e. The normalized spacial score (nSPS) is 32.7. The molecule has 2 saturated heterocycles. The number of nitro benzene ring substituents is 1. The number of nitro groups is 1. The molecule has 1 aromatic carbocycles. The van der Waals surface area contributed by atoms with Crippen LogP contribution in [0.5, 0.6) is 5.75 Å². The Labute approximate surface area is 181 Å². The zero-order valence-corrected chi connectivity index (χ0v) is 17.8. The van der Waals surface area contributed by atoms with Gasteiger partial charge in [0.05, 0.1) is 31.4 Å². The molecule has 0 spiro atoms. The van der Waals surface area contributed by atoms with Crippen LogP contribution in [0.2, 0.25) is 5.02 Å². The Morgan fingerprint density at radius 1 is 1.07 bits per heavy atom. The topological polar surface area (TPSA) is 77.3 Å². The lowest BCUT2D eigenvalue weighted by Gasteiger charge is -2.58. The van der Waals surface area contributed by atoms with Crippen LogP contribution in [0.4, 0.5) is 5.69 Å². The van der Waals surface area contributed by atoms with Gasteiger partial charge in [-0.1, -0.05) is 18.0 Å². The van der Waals surface area contributed by atoms with Crippen molar-refractivity contribution in [1.29, 1.82) is 0 Å². The third kappa shape index (κ3) is 3.39. The van der Waals surface area contributed by atoms with Gasteiger partial charge in [0.25, 0.3) is 0 Å². The Morgan fingerprint density at radius 2 is 1.77 bits per heavy atom. The van der Waals surface area contributed by atoms with Crippen molar-refractivity contribution in [3.8, 4) is 5.75 Å². The molecule has 3 heterocycles. The molecule has 30 heavy (non-hydrogen) atoms. The van der Waals surface area contributed by atoms with Crippen molar-refractivity contribution < 1.29 is 19.1 Å². The van der Waals surface area contributed by atoms with Gasteiger partial charge in [0.2, 0.25) is 5.75 Å². The lowest BCUT2D eigenvalue weighted by molar-refractivity contribution is -0.387. The molecule has 9 heteroatoms. The fraction of sp³-hybridized carbons (Fsp3) is 0.714. The number of rotatable bonds is 3. The first-order valence-electron chi connectivity index (χ1n) is 10.9. The van der Waals surface area contributed by atoms with Gasteiger partial charge >= 0.3 is 5.69 Å². The van der Waals surface area contributed by atoms with E-state index in [-0.39, 0.29) is 22.6 Å². The fourth-order valence-corrected chi connectivity index (χ4v) is 6.07. The maximum absolute atomic E-state index is 11.9. The molecular formula is C21H28ClN3O5. The molecule has 4 aliphatic rings. The smallest absolute Gasteiger partial charge is 0.312 e. The van der Waals surface area contributed by atoms with Gasteiger partial charge in [-0.3, -0.25) is 19.9 Å². The van der Waals surface area contributed by atoms with E-state index in [4.69, 9.17) is 25.8 Å². The van der Waals surface area contributed by atoms with Crippen molar-refractivity contribution >= 4 is 17.3 Å². The molecule has 3 aliphatic heterocycles. The van der Waals surface area contributed by atoms with Gasteiger partial charge < -0.3 is 14.2 Å². The van der Waals surface area contributed by atoms with Crippen LogP contribution < -0.4 is 4.74 Å². The van der Waals surface area contributed by atoms with Crippen LogP contribution in [-0.2, 0) is 9.47 Å². The first-order chi connectivity index (χ1) is 14.6. The summed E-state index contributed by atoms with van der Waals surface area (Å²) in [7, 11) is 0. The highest BCUT2D eigenvalue weighted by atomic mass is 35.5. The summed E-state index contributed by atoms with van der Waals surface area (Å²) in [5, 5.41) is 12.3. The maximum Gasteiger partial charge on any atom is 0.312 e. The highest BCUT2D eigenvalue weighted by molar-refractivity contribution is 6.31. The van der Waals surface area contributed by atoms with Crippen LogP contribution in [0.3, 0.4) is 0 Å². The van der Waals surface area contributed by atoms with E-state index in [0.29, 0.717) is 37.2 Å². The molecule has 1 aliphatic carbocycles. The molecule has 1 saturated carbocycles. The largest absolute Gasteiger partial charge is 0.465 e. The Balaban J connectivity index is 1.67. The maximum atomic E-state index is 11.9. The first kappa shape index (κ1) is 20.5. The average Bonchev–Trinajstić information content (AvgIpc) is 2.78. The predicted molar refractivity (Wildman–Crippen MR) is 111 cm³/mol. The van der Waals surface area contributed by atoms with Crippen molar-refractivity contribution in [3.63, 3.8) is 0 Å². The van der Waals surface area contributed by atoms with Gasteiger partial charge in [0.15, 0.2) is 5.72 Å². The summed E-state index contributed by atoms with van der Waals surface area (Å²) < 4.78 is 18.0. The number of fused-ring (bicyclic) bond motifs is 2. The molecule has 8 nitrogen and oxygen atoms in total. The van der Waals surface area contributed by atoms with E-state index >= 15 is 0 Å². The minimum absolute atomic E-state index is 0.0261. The number of benzene rings is 1. The van der Waals surface area contributed by atoms with Gasteiger partial charge in [-0.2, -0.15) is 0 Å². The average molecular weight is 438 g/mol. The third-order valence-electron chi connectivity index (χ3n) is 7.10. The van der Waals surface area contributed by atoms with Crippen molar-refractivity contribution in [3.05, 3.63) is 32.8 Å². The quantitative estimate of drug-likeness (QED) is 0.530. The molecule has 3 fully saturated rings.